The first-order valence-corrected chi connectivity index (χ1v) is 14.9. The van der Waals surface area contributed by atoms with Gasteiger partial charge >= 0.3 is 0 Å². The number of carbonyl (C=O) groups is 1. The topological polar surface area (TPSA) is 128 Å². The predicted molar refractivity (Wildman–Crippen MR) is 149 cm³/mol. The van der Waals surface area contributed by atoms with Crippen molar-refractivity contribution in [3.05, 3.63) is 48.2 Å². The summed E-state index contributed by atoms with van der Waals surface area (Å²) < 4.78 is 53.7. The standard InChI is InChI=1S/C27H30F2N6O4S/c28-27(29)16-35(17-27)23-15-30-24-20(31-23)2-1-3-21(24)32-25(37)19-5-4-18(33-40(38,39)13-12-36)14-22(19)34-10-8-26(6-7-26)9-11-34/h1-5,14-15,33,36H,6-13,16-17H2,(H,32,37). The predicted octanol–water partition coefficient (Wildman–Crippen LogP) is 3.45. The molecule has 0 atom stereocenters. The van der Waals surface area contributed by atoms with E-state index in [4.69, 9.17) is 5.11 Å². The van der Waals surface area contributed by atoms with Gasteiger partial charge in [-0.1, -0.05) is 6.07 Å². The van der Waals surface area contributed by atoms with Crippen LogP contribution in [0.4, 0.5) is 31.7 Å². The van der Waals surface area contributed by atoms with Crippen LogP contribution in [0.3, 0.4) is 0 Å². The van der Waals surface area contributed by atoms with Crippen LogP contribution in [0.2, 0.25) is 0 Å². The number of anilines is 4. The molecule has 0 unspecified atom stereocenters. The van der Waals surface area contributed by atoms with Crippen LogP contribution in [0.1, 0.15) is 36.0 Å². The number of nitrogens with one attached hydrogen (secondary N) is 2. The maximum atomic E-state index is 13.6. The molecule has 2 saturated heterocycles. The summed E-state index contributed by atoms with van der Waals surface area (Å²) in [6.07, 6.45) is 5.89. The van der Waals surface area contributed by atoms with Crippen molar-refractivity contribution in [2.24, 2.45) is 5.41 Å². The van der Waals surface area contributed by atoms with Crippen LogP contribution >= 0.6 is 0 Å². The molecule has 3 fully saturated rings. The molecule has 2 aliphatic heterocycles. The van der Waals surface area contributed by atoms with E-state index in [0.717, 1.165) is 25.9 Å². The van der Waals surface area contributed by atoms with Gasteiger partial charge in [-0.05, 0) is 61.4 Å². The number of carbonyl (C=O) groups excluding carboxylic acids is 1. The fourth-order valence-electron chi connectivity index (χ4n) is 5.45. The first-order valence-electron chi connectivity index (χ1n) is 13.3. The van der Waals surface area contributed by atoms with Gasteiger partial charge in [0.15, 0.2) is 0 Å². The second kappa shape index (κ2) is 9.81. The Hall–Kier alpha value is -3.58. The number of piperidine rings is 1. The lowest BCUT2D eigenvalue weighted by Gasteiger charge is -2.39. The zero-order chi connectivity index (χ0) is 28.1. The van der Waals surface area contributed by atoms with E-state index in [2.05, 4.69) is 24.9 Å². The Balaban J connectivity index is 1.27. The number of aliphatic hydroxyl groups excluding tert-OH is 1. The number of aromatic nitrogens is 2. The summed E-state index contributed by atoms with van der Waals surface area (Å²) in [5.41, 5.74) is 3.02. The van der Waals surface area contributed by atoms with Crippen LogP contribution in [0.25, 0.3) is 11.0 Å². The normalized spacial score (nSPS) is 19.4. The van der Waals surface area contributed by atoms with Crippen molar-refractivity contribution in [1.82, 2.24) is 9.97 Å². The van der Waals surface area contributed by atoms with Gasteiger partial charge in [0.05, 0.1) is 59.8 Å². The summed E-state index contributed by atoms with van der Waals surface area (Å²) in [7, 11) is -3.74. The molecule has 1 saturated carbocycles. The molecule has 1 amide bonds. The highest BCUT2D eigenvalue weighted by molar-refractivity contribution is 7.92. The number of alkyl halides is 2. The molecule has 3 heterocycles. The highest BCUT2D eigenvalue weighted by Crippen LogP contribution is 2.54. The minimum absolute atomic E-state index is 0.312. The minimum Gasteiger partial charge on any atom is -0.395 e. The van der Waals surface area contributed by atoms with Gasteiger partial charge in [-0.3, -0.25) is 9.52 Å². The molecule has 0 bridgehead atoms. The third-order valence-corrected chi connectivity index (χ3v) is 9.24. The number of halogens is 2. The van der Waals surface area contributed by atoms with Crippen molar-refractivity contribution in [3.63, 3.8) is 0 Å². The first-order chi connectivity index (χ1) is 19.1. The van der Waals surface area contributed by atoms with Gasteiger partial charge < -0.3 is 20.2 Å². The molecule has 13 heteroatoms. The van der Waals surface area contributed by atoms with Crippen molar-refractivity contribution in [1.29, 1.82) is 0 Å². The van der Waals surface area contributed by atoms with Gasteiger partial charge in [0.2, 0.25) is 10.0 Å². The van der Waals surface area contributed by atoms with Gasteiger partial charge in [0.1, 0.15) is 11.3 Å². The fraction of sp³-hybridized carbons (Fsp3) is 0.444. The van der Waals surface area contributed by atoms with Crippen molar-refractivity contribution in [3.8, 4) is 0 Å². The van der Waals surface area contributed by atoms with E-state index in [0.29, 0.717) is 44.9 Å². The van der Waals surface area contributed by atoms with Gasteiger partial charge in [-0.15, -0.1) is 0 Å². The van der Waals surface area contributed by atoms with E-state index >= 15 is 0 Å². The van der Waals surface area contributed by atoms with Crippen molar-refractivity contribution in [2.45, 2.75) is 31.6 Å². The lowest BCUT2D eigenvalue weighted by Crippen LogP contribution is -2.56. The molecule has 3 aliphatic rings. The third kappa shape index (κ3) is 5.39. The van der Waals surface area contributed by atoms with Crippen LogP contribution < -0.4 is 19.8 Å². The molecule has 6 rings (SSSR count). The Morgan fingerprint density at radius 2 is 1.80 bits per heavy atom. The zero-order valence-electron chi connectivity index (χ0n) is 21.7. The van der Waals surface area contributed by atoms with E-state index in [-0.39, 0.29) is 0 Å². The van der Waals surface area contributed by atoms with Crippen molar-refractivity contribution >= 4 is 49.8 Å². The van der Waals surface area contributed by atoms with Crippen LogP contribution in [-0.2, 0) is 10.0 Å². The van der Waals surface area contributed by atoms with Gasteiger partial charge in [0.25, 0.3) is 11.8 Å². The number of sulfonamides is 1. The Labute approximate surface area is 230 Å². The number of nitrogens with zero attached hydrogens (tertiary/aromatic N) is 4. The Morgan fingerprint density at radius 1 is 1.05 bits per heavy atom. The summed E-state index contributed by atoms with van der Waals surface area (Å²) in [5, 5.41) is 12.0. The first kappa shape index (κ1) is 26.6. The highest BCUT2D eigenvalue weighted by atomic mass is 32.2. The molecule has 1 aromatic heterocycles. The van der Waals surface area contributed by atoms with Gasteiger partial charge in [0, 0.05) is 13.1 Å². The van der Waals surface area contributed by atoms with E-state index < -0.39 is 47.3 Å². The fourth-order valence-corrected chi connectivity index (χ4v) is 6.28. The molecule has 0 radical (unpaired) electrons. The molecular formula is C27H30F2N6O4S. The quantitative estimate of drug-likeness (QED) is 0.375. The average Bonchev–Trinajstić information content (AvgIpc) is 3.65. The van der Waals surface area contributed by atoms with E-state index in [1.165, 1.54) is 30.0 Å². The average molecular weight is 573 g/mol. The maximum Gasteiger partial charge on any atom is 0.282 e. The number of hydrogen-bond acceptors (Lipinski definition) is 8. The third-order valence-electron chi connectivity index (χ3n) is 7.97. The lowest BCUT2D eigenvalue weighted by atomic mass is 9.93. The van der Waals surface area contributed by atoms with E-state index in [9.17, 15) is 22.0 Å². The molecular weight excluding hydrogens is 542 g/mol. The monoisotopic (exact) mass is 572 g/mol. The smallest absolute Gasteiger partial charge is 0.282 e. The minimum atomic E-state index is -3.74. The molecule has 40 heavy (non-hydrogen) atoms. The van der Waals surface area contributed by atoms with Crippen LogP contribution in [0, 0.1) is 5.41 Å². The van der Waals surface area contributed by atoms with E-state index in [1.54, 1.807) is 30.3 Å². The van der Waals surface area contributed by atoms with Crippen molar-refractivity contribution in [2.75, 3.05) is 58.4 Å². The maximum absolute atomic E-state index is 13.6. The SMILES string of the molecule is O=C(Nc1cccc2nc(N3CC(F)(F)C3)cnc12)c1ccc(NS(=O)(=O)CCO)cc1N1CCC2(CC1)CC2. The van der Waals surface area contributed by atoms with E-state index in [1.807, 2.05) is 0 Å². The van der Waals surface area contributed by atoms with Crippen LogP contribution in [0.5, 0.6) is 0 Å². The number of para-hydroxylation sites is 1. The number of aliphatic hydroxyl groups is 1. The van der Waals surface area contributed by atoms with Crippen LogP contribution in [-0.4, -0.2) is 73.9 Å². The van der Waals surface area contributed by atoms with Crippen LogP contribution in [0.15, 0.2) is 42.6 Å². The number of hydrogen-bond donors (Lipinski definition) is 3. The second-order valence-corrected chi connectivity index (χ2v) is 12.8. The molecule has 212 valence electrons. The summed E-state index contributed by atoms with van der Waals surface area (Å²) >= 11 is 0. The Kier molecular flexibility index (Phi) is 6.53. The number of rotatable bonds is 8. The Bertz CT molecular complexity index is 1560. The van der Waals surface area contributed by atoms with Gasteiger partial charge in [-0.25, -0.2) is 27.2 Å². The zero-order valence-corrected chi connectivity index (χ0v) is 22.6. The molecule has 1 aliphatic carbocycles. The molecule has 2 aromatic carbocycles. The highest BCUT2D eigenvalue weighted by Gasteiger charge is 2.45. The molecule has 3 N–H and O–H groups in total. The van der Waals surface area contributed by atoms with Gasteiger partial charge in [-0.2, -0.15) is 0 Å². The summed E-state index contributed by atoms with van der Waals surface area (Å²) in [6.45, 7) is 0.194. The number of fused-ring (bicyclic) bond motifs is 1. The summed E-state index contributed by atoms with van der Waals surface area (Å²) in [6, 6.07) is 9.88. The second-order valence-electron chi connectivity index (χ2n) is 10.9. The summed E-state index contributed by atoms with van der Waals surface area (Å²) in [5.74, 6) is -3.21. The van der Waals surface area contributed by atoms with Crippen molar-refractivity contribution < 1.29 is 27.1 Å². The summed E-state index contributed by atoms with van der Waals surface area (Å²) in [4.78, 5) is 26.1. The molecule has 1 spiro atoms. The molecule has 10 nitrogen and oxygen atoms in total. The number of benzene rings is 2. The lowest BCUT2D eigenvalue weighted by molar-refractivity contribution is -0.0267. The number of amides is 1. The largest absolute Gasteiger partial charge is 0.395 e. The Morgan fingerprint density at radius 3 is 2.48 bits per heavy atom. The molecule has 3 aromatic rings.